The Morgan fingerprint density at radius 1 is 1.28 bits per heavy atom. The molecule has 1 amide bonds. The van der Waals surface area contributed by atoms with Crippen LogP contribution in [-0.2, 0) is 26.2 Å². The Morgan fingerprint density at radius 3 is 2.66 bits per heavy atom. The van der Waals surface area contributed by atoms with Crippen molar-refractivity contribution >= 4 is 38.4 Å². The summed E-state index contributed by atoms with van der Waals surface area (Å²) in [5.74, 6) is -0.738. The van der Waals surface area contributed by atoms with E-state index in [1.165, 1.54) is 51.7 Å². The van der Waals surface area contributed by atoms with Crippen molar-refractivity contribution in [3.05, 3.63) is 40.9 Å². The van der Waals surface area contributed by atoms with E-state index >= 15 is 0 Å². The van der Waals surface area contributed by atoms with Gasteiger partial charge in [-0.3, -0.25) is 9.69 Å². The number of ether oxygens (including phenoxy) is 1. The Hall–Kier alpha value is -2.30. The Balaban J connectivity index is 1.67. The molecule has 2 heterocycles. The Morgan fingerprint density at radius 2 is 2.00 bits per heavy atom. The van der Waals surface area contributed by atoms with Crippen molar-refractivity contribution in [3.63, 3.8) is 0 Å². The summed E-state index contributed by atoms with van der Waals surface area (Å²) in [6.07, 6.45) is 1.69. The lowest BCUT2D eigenvalue weighted by Crippen LogP contribution is -2.28. The van der Waals surface area contributed by atoms with Crippen molar-refractivity contribution in [3.8, 4) is 0 Å². The third-order valence-corrected chi connectivity index (χ3v) is 7.40. The summed E-state index contributed by atoms with van der Waals surface area (Å²) < 4.78 is 32.1. The molecule has 0 N–H and O–H groups in total. The normalized spacial score (nSPS) is 14.7. The van der Waals surface area contributed by atoms with Gasteiger partial charge in [0, 0.05) is 31.9 Å². The molecule has 3 rings (SSSR count). The number of carbonyl (C=O) groups excluding carboxylic acids is 2. The summed E-state index contributed by atoms with van der Waals surface area (Å²) in [7, 11) is -3.60. The van der Waals surface area contributed by atoms with E-state index < -0.39 is 16.0 Å². The van der Waals surface area contributed by atoms with E-state index in [1.807, 2.05) is 6.92 Å². The van der Waals surface area contributed by atoms with Crippen molar-refractivity contribution in [1.82, 2.24) is 9.29 Å². The second-order valence-corrected chi connectivity index (χ2v) is 9.37. The lowest BCUT2D eigenvalue weighted by atomic mass is 10.2. The maximum absolute atomic E-state index is 12.7. The van der Waals surface area contributed by atoms with Crippen LogP contribution in [0.25, 0.3) is 0 Å². The molecular weight excluding hydrogens is 414 g/mol. The van der Waals surface area contributed by atoms with Gasteiger partial charge in [-0.1, -0.05) is 6.07 Å². The zero-order chi connectivity index (χ0) is 21.0. The number of esters is 1. The molecule has 1 aliphatic heterocycles. The van der Waals surface area contributed by atoms with Crippen molar-refractivity contribution < 1.29 is 22.7 Å². The fourth-order valence-corrected chi connectivity index (χ4v) is 5.54. The molecule has 2 aromatic rings. The van der Waals surface area contributed by atoms with Crippen LogP contribution in [0.15, 0.2) is 34.5 Å². The minimum Gasteiger partial charge on any atom is -0.456 e. The molecule has 0 unspecified atom stereocenters. The average molecular weight is 438 g/mol. The molecule has 0 spiro atoms. The highest BCUT2D eigenvalue weighted by Crippen LogP contribution is 2.23. The summed E-state index contributed by atoms with van der Waals surface area (Å²) in [4.78, 5) is 29.9. The van der Waals surface area contributed by atoms with Gasteiger partial charge in [-0.05, 0) is 38.0 Å². The number of carbonyl (C=O) groups is 2. The van der Waals surface area contributed by atoms with Gasteiger partial charge in [0.1, 0.15) is 6.61 Å². The molecule has 0 aliphatic carbocycles. The van der Waals surface area contributed by atoms with Gasteiger partial charge in [-0.15, -0.1) is 11.3 Å². The number of sulfonamides is 1. The van der Waals surface area contributed by atoms with Crippen LogP contribution in [0.4, 0.5) is 5.13 Å². The molecule has 1 aromatic carbocycles. The first-order valence-electron chi connectivity index (χ1n) is 9.32. The van der Waals surface area contributed by atoms with E-state index in [9.17, 15) is 18.0 Å². The number of benzene rings is 1. The number of anilines is 1. The fraction of sp³-hybridized carbons (Fsp3) is 0.421. The van der Waals surface area contributed by atoms with E-state index in [1.54, 1.807) is 5.38 Å². The van der Waals surface area contributed by atoms with Crippen molar-refractivity contribution in [2.45, 2.75) is 38.2 Å². The van der Waals surface area contributed by atoms with Gasteiger partial charge in [0.15, 0.2) is 5.13 Å². The molecule has 0 saturated carbocycles. The monoisotopic (exact) mass is 437 g/mol. The molecule has 10 heteroatoms. The standard InChI is InChI=1S/C19H23N3O5S2/c1-3-22(14(2)23)19-20-16(13-28-19)12-27-18(24)15-7-6-8-17(11-15)29(25,26)21-9-4-5-10-21/h6-8,11,13H,3-5,9-10,12H2,1-2H3. The predicted octanol–water partition coefficient (Wildman–Crippen LogP) is 2.66. The van der Waals surface area contributed by atoms with Crippen LogP contribution in [0.3, 0.4) is 0 Å². The summed E-state index contributed by atoms with van der Waals surface area (Å²) in [6, 6.07) is 5.88. The number of aromatic nitrogens is 1. The highest BCUT2D eigenvalue weighted by molar-refractivity contribution is 7.89. The van der Waals surface area contributed by atoms with Gasteiger partial charge in [-0.25, -0.2) is 18.2 Å². The maximum Gasteiger partial charge on any atom is 0.338 e. The molecule has 0 atom stereocenters. The van der Waals surface area contributed by atoms with Crippen molar-refractivity contribution in [2.75, 3.05) is 24.5 Å². The second kappa shape index (κ2) is 9.02. The molecule has 8 nitrogen and oxygen atoms in total. The first kappa shape index (κ1) is 21.4. The third-order valence-electron chi connectivity index (χ3n) is 4.59. The number of thiazole rings is 1. The van der Waals surface area contributed by atoms with Crippen LogP contribution in [0.2, 0.25) is 0 Å². The zero-order valence-corrected chi connectivity index (χ0v) is 18.0. The van der Waals surface area contributed by atoms with E-state index in [2.05, 4.69) is 4.98 Å². The molecule has 1 saturated heterocycles. The SMILES string of the molecule is CCN(C(C)=O)c1nc(COC(=O)c2cccc(S(=O)(=O)N3CCCC3)c2)cs1. The summed E-state index contributed by atoms with van der Waals surface area (Å²) in [5, 5.41) is 2.27. The summed E-state index contributed by atoms with van der Waals surface area (Å²) >= 11 is 1.30. The Bertz CT molecular complexity index is 997. The van der Waals surface area contributed by atoms with E-state index in [4.69, 9.17) is 4.74 Å². The second-order valence-electron chi connectivity index (χ2n) is 6.60. The number of hydrogen-bond acceptors (Lipinski definition) is 7. The number of hydrogen-bond donors (Lipinski definition) is 0. The third kappa shape index (κ3) is 4.82. The smallest absolute Gasteiger partial charge is 0.338 e. The molecule has 1 fully saturated rings. The minimum atomic E-state index is -3.60. The van der Waals surface area contributed by atoms with Gasteiger partial charge in [-0.2, -0.15) is 4.31 Å². The number of rotatable bonds is 7. The quantitative estimate of drug-likeness (QED) is 0.618. The molecular formula is C19H23N3O5S2. The van der Waals surface area contributed by atoms with Crippen molar-refractivity contribution in [1.29, 1.82) is 0 Å². The van der Waals surface area contributed by atoms with Gasteiger partial charge in [0.25, 0.3) is 0 Å². The predicted molar refractivity (Wildman–Crippen MR) is 109 cm³/mol. The average Bonchev–Trinajstić information content (AvgIpc) is 3.39. The zero-order valence-electron chi connectivity index (χ0n) is 16.3. The summed E-state index contributed by atoms with van der Waals surface area (Å²) in [5.41, 5.74) is 0.693. The van der Waals surface area contributed by atoms with Crippen molar-refractivity contribution in [2.24, 2.45) is 0 Å². The van der Waals surface area contributed by atoms with Gasteiger partial charge >= 0.3 is 5.97 Å². The fourth-order valence-electron chi connectivity index (χ4n) is 3.06. The van der Waals surface area contributed by atoms with Gasteiger partial charge in [0.2, 0.25) is 15.9 Å². The lowest BCUT2D eigenvalue weighted by Gasteiger charge is -2.15. The Kier molecular flexibility index (Phi) is 6.66. The minimum absolute atomic E-state index is 0.0616. The van der Waals surface area contributed by atoms with E-state index in [0.29, 0.717) is 30.5 Å². The summed E-state index contributed by atoms with van der Waals surface area (Å²) in [6.45, 7) is 4.75. The molecule has 156 valence electrons. The van der Waals surface area contributed by atoms with Crippen LogP contribution in [0.1, 0.15) is 42.7 Å². The molecule has 1 aromatic heterocycles. The largest absolute Gasteiger partial charge is 0.456 e. The topological polar surface area (TPSA) is 96.9 Å². The highest BCUT2D eigenvalue weighted by Gasteiger charge is 2.27. The van der Waals surface area contributed by atoms with Crippen LogP contribution in [0, 0.1) is 0 Å². The molecule has 29 heavy (non-hydrogen) atoms. The van der Waals surface area contributed by atoms with Gasteiger partial charge < -0.3 is 4.74 Å². The van der Waals surface area contributed by atoms with Crippen LogP contribution in [0.5, 0.6) is 0 Å². The number of amides is 1. The van der Waals surface area contributed by atoms with Gasteiger partial charge in [0.05, 0.1) is 16.2 Å². The molecule has 0 radical (unpaired) electrons. The first-order valence-corrected chi connectivity index (χ1v) is 11.6. The van der Waals surface area contributed by atoms with Crippen LogP contribution in [-0.4, -0.2) is 49.2 Å². The van der Waals surface area contributed by atoms with E-state index in [0.717, 1.165) is 12.8 Å². The van der Waals surface area contributed by atoms with E-state index in [-0.39, 0.29) is 23.0 Å². The molecule has 1 aliphatic rings. The number of nitrogens with zero attached hydrogens (tertiary/aromatic N) is 3. The van der Waals surface area contributed by atoms with Crippen LogP contribution >= 0.6 is 11.3 Å². The first-order chi connectivity index (χ1) is 13.8. The molecule has 0 bridgehead atoms. The highest BCUT2D eigenvalue weighted by atomic mass is 32.2. The lowest BCUT2D eigenvalue weighted by molar-refractivity contribution is -0.116. The van der Waals surface area contributed by atoms with Crippen LogP contribution < -0.4 is 4.90 Å². The Labute approximate surface area is 174 Å². The maximum atomic E-state index is 12.7.